The summed E-state index contributed by atoms with van der Waals surface area (Å²) in [5.41, 5.74) is 0.0626. The maximum absolute atomic E-state index is 10.9. The molecule has 1 amide bonds. The van der Waals surface area contributed by atoms with Gasteiger partial charge in [0.05, 0.1) is 5.54 Å². The largest absolute Gasteiger partial charge is 0.444 e. The zero-order valence-electron chi connectivity index (χ0n) is 6.72. The molecule has 1 saturated heterocycles. The molecule has 1 aliphatic carbocycles. The number of hydrogen-bond acceptors (Lipinski definition) is 2. The Hall–Kier alpha value is -0.730. The summed E-state index contributed by atoms with van der Waals surface area (Å²) in [6.45, 7) is 2.11. The van der Waals surface area contributed by atoms with Gasteiger partial charge in [-0.3, -0.25) is 0 Å². The molecule has 1 aliphatic heterocycles. The first-order valence-electron chi connectivity index (χ1n) is 4.26. The summed E-state index contributed by atoms with van der Waals surface area (Å²) in [5, 5.41) is 2.88. The van der Waals surface area contributed by atoms with Gasteiger partial charge >= 0.3 is 6.09 Å². The van der Waals surface area contributed by atoms with Gasteiger partial charge in [0.2, 0.25) is 0 Å². The first-order valence-corrected chi connectivity index (χ1v) is 4.26. The molecule has 1 saturated carbocycles. The number of ether oxygens (including phenoxy) is 1. The number of nitrogens with one attached hydrogen (secondary N) is 1. The lowest BCUT2D eigenvalue weighted by Crippen LogP contribution is -2.33. The topological polar surface area (TPSA) is 38.3 Å². The van der Waals surface area contributed by atoms with Gasteiger partial charge in [0.25, 0.3) is 0 Å². The van der Waals surface area contributed by atoms with Crippen molar-refractivity contribution in [3.8, 4) is 0 Å². The van der Waals surface area contributed by atoms with Gasteiger partial charge in [-0.2, -0.15) is 0 Å². The molecule has 2 rings (SSSR count). The average molecular weight is 155 g/mol. The maximum Gasteiger partial charge on any atom is 0.408 e. The fraction of sp³-hybridized carbons (Fsp3) is 0.875. The van der Waals surface area contributed by atoms with Crippen molar-refractivity contribution in [1.29, 1.82) is 0 Å². The van der Waals surface area contributed by atoms with E-state index in [1.807, 2.05) is 0 Å². The van der Waals surface area contributed by atoms with Crippen LogP contribution in [0.3, 0.4) is 0 Å². The molecule has 0 radical (unpaired) electrons. The fourth-order valence-corrected chi connectivity index (χ4v) is 1.73. The molecule has 0 aromatic heterocycles. The second kappa shape index (κ2) is 2.13. The van der Waals surface area contributed by atoms with Gasteiger partial charge in [-0.1, -0.05) is 13.3 Å². The molecule has 1 heterocycles. The van der Waals surface area contributed by atoms with Crippen molar-refractivity contribution in [3.05, 3.63) is 0 Å². The van der Waals surface area contributed by atoms with E-state index < -0.39 is 0 Å². The molecule has 62 valence electrons. The van der Waals surface area contributed by atoms with E-state index in [4.69, 9.17) is 4.74 Å². The van der Waals surface area contributed by atoms with Gasteiger partial charge in [0.15, 0.2) is 0 Å². The third-order valence-corrected chi connectivity index (χ3v) is 2.56. The Morgan fingerprint density at radius 1 is 1.73 bits per heavy atom. The van der Waals surface area contributed by atoms with E-state index in [0.29, 0.717) is 0 Å². The van der Waals surface area contributed by atoms with Gasteiger partial charge in [0, 0.05) is 0 Å². The lowest BCUT2D eigenvalue weighted by atomic mass is 10.1. The van der Waals surface area contributed by atoms with Gasteiger partial charge in [0.1, 0.15) is 6.10 Å². The summed E-state index contributed by atoms with van der Waals surface area (Å²) in [4.78, 5) is 10.9. The van der Waals surface area contributed by atoms with E-state index in [9.17, 15) is 4.79 Å². The number of amides is 1. The van der Waals surface area contributed by atoms with Crippen LogP contribution in [0.1, 0.15) is 32.6 Å². The van der Waals surface area contributed by atoms with E-state index in [1.54, 1.807) is 0 Å². The van der Waals surface area contributed by atoms with Crippen LogP contribution in [0.4, 0.5) is 4.79 Å². The van der Waals surface area contributed by atoms with Crippen molar-refractivity contribution in [2.75, 3.05) is 0 Å². The molecule has 2 fully saturated rings. The summed E-state index contributed by atoms with van der Waals surface area (Å²) in [7, 11) is 0. The highest BCUT2D eigenvalue weighted by Gasteiger charge is 2.56. The Morgan fingerprint density at radius 3 is 3.00 bits per heavy atom. The molecule has 0 aromatic carbocycles. The molecular weight excluding hydrogens is 142 g/mol. The number of rotatable bonds is 2. The zero-order valence-corrected chi connectivity index (χ0v) is 6.72. The molecule has 1 spiro atoms. The van der Waals surface area contributed by atoms with Crippen LogP contribution in [0, 0.1) is 0 Å². The lowest BCUT2D eigenvalue weighted by Gasteiger charge is -2.13. The number of carbonyl (C=O) groups is 1. The molecule has 3 heteroatoms. The SMILES string of the molecule is CCCC1OC(=O)NC12CC2. The van der Waals surface area contributed by atoms with Crippen LogP contribution in [0.25, 0.3) is 0 Å². The van der Waals surface area contributed by atoms with Gasteiger partial charge < -0.3 is 10.1 Å². The quantitative estimate of drug-likeness (QED) is 0.655. The highest BCUT2D eigenvalue weighted by Crippen LogP contribution is 2.44. The van der Waals surface area contributed by atoms with E-state index >= 15 is 0 Å². The smallest absolute Gasteiger partial charge is 0.408 e. The molecular formula is C8H13NO2. The standard InChI is InChI=1S/C8H13NO2/c1-2-3-6-8(4-5-8)9-7(10)11-6/h6H,2-5H2,1H3,(H,9,10). The van der Waals surface area contributed by atoms with Crippen molar-refractivity contribution < 1.29 is 9.53 Å². The summed E-state index contributed by atoms with van der Waals surface area (Å²) >= 11 is 0. The van der Waals surface area contributed by atoms with Crippen LogP contribution in [-0.4, -0.2) is 17.7 Å². The van der Waals surface area contributed by atoms with E-state index in [-0.39, 0.29) is 17.7 Å². The highest BCUT2D eigenvalue weighted by atomic mass is 16.6. The third kappa shape index (κ3) is 0.988. The van der Waals surface area contributed by atoms with E-state index in [1.165, 1.54) is 0 Å². The van der Waals surface area contributed by atoms with Gasteiger partial charge in [-0.25, -0.2) is 4.79 Å². The third-order valence-electron chi connectivity index (χ3n) is 2.56. The summed E-state index contributed by atoms with van der Waals surface area (Å²) < 4.78 is 5.13. The van der Waals surface area contributed by atoms with Crippen molar-refractivity contribution in [2.24, 2.45) is 0 Å². The Balaban J connectivity index is 2.03. The summed E-state index contributed by atoms with van der Waals surface area (Å²) in [6.07, 6.45) is 4.22. The predicted molar refractivity (Wildman–Crippen MR) is 40.3 cm³/mol. The molecule has 1 unspecified atom stereocenters. The summed E-state index contributed by atoms with van der Waals surface area (Å²) in [5.74, 6) is 0. The second-order valence-corrected chi connectivity index (χ2v) is 3.46. The monoisotopic (exact) mass is 155 g/mol. The molecule has 2 aliphatic rings. The molecule has 11 heavy (non-hydrogen) atoms. The Morgan fingerprint density at radius 2 is 2.45 bits per heavy atom. The normalized spacial score (nSPS) is 31.7. The molecule has 3 nitrogen and oxygen atoms in total. The zero-order chi connectivity index (χ0) is 7.90. The predicted octanol–water partition coefficient (Wildman–Crippen LogP) is 1.43. The second-order valence-electron chi connectivity index (χ2n) is 3.46. The Labute approximate surface area is 66.1 Å². The van der Waals surface area contributed by atoms with Crippen LogP contribution in [0.5, 0.6) is 0 Å². The van der Waals surface area contributed by atoms with Crippen molar-refractivity contribution >= 4 is 6.09 Å². The molecule has 1 N–H and O–H groups in total. The number of hydrogen-bond donors (Lipinski definition) is 1. The van der Waals surface area contributed by atoms with Crippen LogP contribution in [0.2, 0.25) is 0 Å². The molecule has 0 aromatic rings. The van der Waals surface area contributed by atoms with Crippen molar-refractivity contribution in [1.82, 2.24) is 5.32 Å². The molecule has 0 bridgehead atoms. The first-order chi connectivity index (χ1) is 5.27. The number of carbonyl (C=O) groups excluding carboxylic acids is 1. The van der Waals surface area contributed by atoms with Gasteiger partial charge in [-0.15, -0.1) is 0 Å². The minimum atomic E-state index is -0.221. The fourth-order valence-electron chi connectivity index (χ4n) is 1.73. The minimum Gasteiger partial charge on any atom is -0.444 e. The lowest BCUT2D eigenvalue weighted by molar-refractivity contribution is 0.122. The van der Waals surface area contributed by atoms with E-state index in [0.717, 1.165) is 25.7 Å². The average Bonchev–Trinajstić information content (AvgIpc) is 2.61. The Bertz CT molecular complexity index is 187. The maximum atomic E-state index is 10.9. The number of cyclic esters (lactones) is 1. The molecule has 1 atom stereocenters. The van der Waals surface area contributed by atoms with Crippen LogP contribution < -0.4 is 5.32 Å². The van der Waals surface area contributed by atoms with Crippen LogP contribution >= 0.6 is 0 Å². The minimum absolute atomic E-state index is 0.0626. The first kappa shape index (κ1) is 6.95. The highest BCUT2D eigenvalue weighted by molar-refractivity contribution is 5.72. The van der Waals surface area contributed by atoms with Crippen molar-refractivity contribution in [2.45, 2.75) is 44.2 Å². The van der Waals surface area contributed by atoms with Crippen LogP contribution in [-0.2, 0) is 4.74 Å². The van der Waals surface area contributed by atoms with Crippen LogP contribution in [0.15, 0.2) is 0 Å². The Kier molecular flexibility index (Phi) is 1.34. The van der Waals surface area contributed by atoms with E-state index in [2.05, 4.69) is 12.2 Å². The summed E-state index contributed by atoms with van der Waals surface area (Å²) in [6, 6.07) is 0. The number of alkyl carbamates (subject to hydrolysis) is 1. The van der Waals surface area contributed by atoms with Crippen molar-refractivity contribution in [3.63, 3.8) is 0 Å². The van der Waals surface area contributed by atoms with Gasteiger partial charge in [-0.05, 0) is 19.3 Å².